The molecule has 25 heavy (non-hydrogen) atoms. The molecule has 0 saturated heterocycles. The second-order valence-electron chi connectivity index (χ2n) is 5.61. The molecule has 124 valence electrons. The van der Waals surface area contributed by atoms with Gasteiger partial charge in [-0.05, 0) is 36.4 Å². The number of anilines is 2. The van der Waals surface area contributed by atoms with Gasteiger partial charge in [0.15, 0.2) is 0 Å². The Morgan fingerprint density at radius 2 is 2.00 bits per heavy atom. The number of carboxylic acid groups (broad SMARTS) is 1. The zero-order valence-electron chi connectivity index (χ0n) is 12.8. The number of halogens is 1. The van der Waals surface area contributed by atoms with Crippen molar-refractivity contribution in [3.63, 3.8) is 0 Å². The smallest absolute Gasteiger partial charge is 0.335 e. The van der Waals surface area contributed by atoms with Crippen molar-refractivity contribution in [2.75, 3.05) is 5.32 Å². The highest BCUT2D eigenvalue weighted by atomic mass is 35.5. The van der Waals surface area contributed by atoms with Crippen LogP contribution in [0.15, 0.2) is 53.5 Å². The van der Waals surface area contributed by atoms with Gasteiger partial charge < -0.3 is 20.4 Å². The van der Waals surface area contributed by atoms with Gasteiger partial charge in [-0.1, -0.05) is 17.7 Å². The minimum absolute atomic E-state index is 0.155. The molecule has 2 aromatic heterocycles. The van der Waals surface area contributed by atoms with E-state index in [0.29, 0.717) is 32.5 Å². The quantitative estimate of drug-likeness (QED) is 0.445. The van der Waals surface area contributed by atoms with Gasteiger partial charge in [0, 0.05) is 33.2 Å². The largest absolute Gasteiger partial charge is 0.478 e. The van der Waals surface area contributed by atoms with Crippen LogP contribution in [-0.4, -0.2) is 21.0 Å². The molecule has 0 aliphatic heterocycles. The normalized spacial score (nSPS) is 11.1. The molecular formula is C18H12ClN3O3. The summed E-state index contributed by atoms with van der Waals surface area (Å²) < 4.78 is 0. The van der Waals surface area contributed by atoms with Crippen molar-refractivity contribution < 1.29 is 9.90 Å². The highest BCUT2D eigenvalue weighted by Crippen LogP contribution is 2.32. The van der Waals surface area contributed by atoms with Gasteiger partial charge in [-0.25, -0.2) is 4.79 Å². The number of rotatable bonds is 3. The van der Waals surface area contributed by atoms with Gasteiger partial charge in [-0.15, -0.1) is 0 Å². The Kier molecular flexibility index (Phi) is 3.47. The summed E-state index contributed by atoms with van der Waals surface area (Å²) in [5.74, 6) is -1.02. The Morgan fingerprint density at radius 1 is 1.16 bits per heavy atom. The predicted molar refractivity (Wildman–Crippen MR) is 98.1 cm³/mol. The molecule has 2 heterocycles. The van der Waals surface area contributed by atoms with Gasteiger partial charge in [0.2, 0.25) is 0 Å². The van der Waals surface area contributed by atoms with Crippen LogP contribution < -0.4 is 10.9 Å². The highest BCUT2D eigenvalue weighted by Gasteiger charge is 2.14. The van der Waals surface area contributed by atoms with E-state index in [9.17, 15) is 14.7 Å². The molecule has 4 rings (SSSR count). The van der Waals surface area contributed by atoms with Crippen molar-refractivity contribution in [3.05, 3.63) is 69.6 Å². The highest BCUT2D eigenvalue weighted by molar-refractivity contribution is 6.30. The molecule has 6 nitrogen and oxygen atoms in total. The zero-order chi connectivity index (χ0) is 17.6. The number of benzene rings is 2. The SMILES string of the molecule is O=C(O)c1ccc2[nH]c3c(=O)[nH]cc(Nc4cccc(Cl)c4)c3c2c1. The second-order valence-corrected chi connectivity index (χ2v) is 6.04. The minimum atomic E-state index is -1.02. The Balaban J connectivity index is 1.99. The summed E-state index contributed by atoms with van der Waals surface area (Å²) in [6.45, 7) is 0. The van der Waals surface area contributed by atoms with Crippen LogP contribution in [0.4, 0.5) is 11.4 Å². The summed E-state index contributed by atoms with van der Waals surface area (Å²) in [6.07, 6.45) is 1.56. The summed E-state index contributed by atoms with van der Waals surface area (Å²) in [4.78, 5) is 29.2. The maximum Gasteiger partial charge on any atom is 0.335 e. The number of carboxylic acids is 1. The molecule has 0 aliphatic rings. The fraction of sp³-hybridized carbons (Fsp3) is 0. The minimum Gasteiger partial charge on any atom is -0.478 e. The molecule has 0 atom stereocenters. The van der Waals surface area contributed by atoms with E-state index >= 15 is 0 Å². The third-order valence-corrected chi connectivity index (χ3v) is 4.23. The summed E-state index contributed by atoms with van der Waals surface area (Å²) in [6, 6.07) is 11.9. The number of hydrogen-bond donors (Lipinski definition) is 4. The Bertz CT molecular complexity index is 1190. The molecule has 2 aromatic carbocycles. The van der Waals surface area contributed by atoms with Gasteiger partial charge in [0.1, 0.15) is 5.52 Å². The van der Waals surface area contributed by atoms with E-state index in [1.54, 1.807) is 30.5 Å². The van der Waals surface area contributed by atoms with Crippen LogP contribution in [0.5, 0.6) is 0 Å². The summed E-state index contributed by atoms with van der Waals surface area (Å²) in [5.41, 5.74) is 2.34. The number of carbonyl (C=O) groups is 1. The Morgan fingerprint density at radius 3 is 2.76 bits per heavy atom. The van der Waals surface area contributed by atoms with Crippen LogP contribution in [0.3, 0.4) is 0 Å². The van der Waals surface area contributed by atoms with Crippen LogP contribution >= 0.6 is 11.6 Å². The lowest BCUT2D eigenvalue weighted by Gasteiger charge is -2.08. The van der Waals surface area contributed by atoms with Crippen molar-refractivity contribution in [3.8, 4) is 0 Å². The fourth-order valence-corrected chi connectivity index (χ4v) is 3.07. The lowest BCUT2D eigenvalue weighted by molar-refractivity contribution is 0.0697. The average molecular weight is 354 g/mol. The first kappa shape index (κ1) is 15.3. The third-order valence-electron chi connectivity index (χ3n) is 3.99. The number of aromatic amines is 2. The van der Waals surface area contributed by atoms with E-state index in [0.717, 1.165) is 5.69 Å². The molecule has 0 unspecified atom stereocenters. The first-order valence-electron chi connectivity index (χ1n) is 7.46. The van der Waals surface area contributed by atoms with Crippen LogP contribution in [0, 0.1) is 0 Å². The fourth-order valence-electron chi connectivity index (χ4n) is 2.88. The van der Waals surface area contributed by atoms with Crippen LogP contribution in [0.1, 0.15) is 10.4 Å². The summed E-state index contributed by atoms with van der Waals surface area (Å²) >= 11 is 6.01. The molecule has 0 fully saturated rings. The van der Waals surface area contributed by atoms with E-state index in [1.165, 1.54) is 6.07 Å². The van der Waals surface area contributed by atoms with E-state index < -0.39 is 5.97 Å². The van der Waals surface area contributed by atoms with Crippen LogP contribution in [0.25, 0.3) is 21.8 Å². The molecule has 0 amide bonds. The zero-order valence-corrected chi connectivity index (χ0v) is 13.5. The molecule has 7 heteroatoms. The standard InChI is InChI=1S/C18H12ClN3O3/c19-10-2-1-3-11(7-10)21-14-8-20-17(23)16-15(14)12-6-9(18(24)25)4-5-13(12)22-16/h1-8,21-22H,(H,20,23)(H,24,25). The van der Waals surface area contributed by atoms with Crippen LogP contribution in [-0.2, 0) is 0 Å². The van der Waals surface area contributed by atoms with E-state index in [1.807, 2.05) is 12.1 Å². The first-order chi connectivity index (χ1) is 12.0. The van der Waals surface area contributed by atoms with E-state index in [2.05, 4.69) is 15.3 Å². The average Bonchev–Trinajstić information content (AvgIpc) is 2.97. The Hall–Kier alpha value is -3.25. The number of H-pyrrole nitrogens is 2. The number of nitrogens with one attached hydrogen (secondary N) is 3. The third kappa shape index (κ3) is 2.62. The summed E-state index contributed by atoms with van der Waals surface area (Å²) in [5, 5.41) is 14.3. The van der Waals surface area contributed by atoms with Gasteiger partial charge in [-0.3, -0.25) is 4.79 Å². The topological polar surface area (TPSA) is 98.0 Å². The molecule has 0 saturated carbocycles. The Labute approximate surface area is 146 Å². The van der Waals surface area contributed by atoms with Crippen molar-refractivity contribution in [2.24, 2.45) is 0 Å². The first-order valence-corrected chi connectivity index (χ1v) is 7.84. The number of hydrogen-bond acceptors (Lipinski definition) is 3. The van der Waals surface area contributed by atoms with Crippen molar-refractivity contribution in [1.82, 2.24) is 9.97 Å². The molecule has 4 N–H and O–H groups in total. The molecule has 0 radical (unpaired) electrons. The monoisotopic (exact) mass is 353 g/mol. The molecular weight excluding hydrogens is 342 g/mol. The number of pyridine rings is 1. The number of fused-ring (bicyclic) bond motifs is 3. The van der Waals surface area contributed by atoms with Gasteiger partial charge in [0.25, 0.3) is 5.56 Å². The molecule has 0 spiro atoms. The maximum atomic E-state index is 12.2. The number of aromatic nitrogens is 2. The van der Waals surface area contributed by atoms with Crippen molar-refractivity contribution in [2.45, 2.75) is 0 Å². The van der Waals surface area contributed by atoms with Gasteiger partial charge in [0.05, 0.1) is 11.3 Å². The second kappa shape index (κ2) is 5.68. The van der Waals surface area contributed by atoms with Gasteiger partial charge >= 0.3 is 5.97 Å². The lowest BCUT2D eigenvalue weighted by Crippen LogP contribution is -2.06. The maximum absolute atomic E-state index is 12.2. The number of aromatic carboxylic acids is 1. The van der Waals surface area contributed by atoms with E-state index in [4.69, 9.17) is 11.6 Å². The predicted octanol–water partition coefficient (Wildman–Crippen LogP) is 4.10. The van der Waals surface area contributed by atoms with Crippen molar-refractivity contribution >= 4 is 50.8 Å². The summed E-state index contributed by atoms with van der Waals surface area (Å²) in [7, 11) is 0. The molecule has 0 bridgehead atoms. The van der Waals surface area contributed by atoms with E-state index in [-0.39, 0.29) is 11.1 Å². The van der Waals surface area contributed by atoms with Crippen molar-refractivity contribution in [1.29, 1.82) is 0 Å². The lowest BCUT2D eigenvalue weighted by atomic mass is 10.1. The molecule has 0 aliphatic carbocycles. The molecule has 4 aromatic rings. The van der Waals surface area contributed by atoms with Crippen LogP contribution in [0.2, 0.25) is 5.02 Å². The van der Waals surface area contributed by atoms with Gasteiger partial charge in [-0.2, -0.15) is 0 Å².